The average Bonchev–Trinajstić information content (AvgIpc) is 3.35. The lowest BCUT2D eigenvalue weighted by molar-refractivity contribution is -0.143. The van der Waals surface area contributed by atoms with E-state index in [-0.39, 0.29) is 28.9 Å². The van der Waals surface area contributed by atoms with Gasteiger partial charge in [0.25, 0.3) is 0 Å². The van der Waals surface area contributed by atoms with Gasteiger partial charge in [-0.25, -0.2) is 13.6 Å². The Bertz CT molecular complexity index is 1730. The van der Waals surface area contributed by atoms with Crippen molar-refractivity contribution >= 4 is 32.3 Å². The SMILES string of the molecule is COc1cc(S(N)(=O)=O)ccc1NCC#Cc1cc2c(N[C@H]3CC[C@@H](N4CCC5(CC4)COC5)CC3)cccc2n1CC(F)(F)F. The molecule has 248 valence electrons. The lowest BCUT2D eigenvalue weighted by Gasteiger charge is -2.49. The monoisotopic (exact) mass is 659 g/mol. The number of methoxy groups -OCH3 is 1. The first-order valence-electron chi connectivity index (χ1n) is 15.6. The molecule has 1 spiro atoms. The number of halogens is 3. The fourth-order valence-electron chi connectivity index (χ4n) is 6.98. The summed E-state index contributed by atoms with van der Waals surface area (Å²) in [5, 5.41) is 12.6. The number of fused-ring (bicyclic) bond motifs is 1. The van der Waals surface area contributed by atoms with Crippen molar-refractivity contribution in [2.75, 3.05) is 50.6 Å². The average molecular weight is 660 g/mol. The number of rotatable bonds is 8. The van der Waals surface area contributed by atoms with Crippen LogP contribution in [0.15, 0.2) is 47.4 Å². The van der Waals surface area contributed by atoms with Gasteiger partial charge in [0.1, 0.15) is 12.3 Å². The van der Waals surface area contributed by atoms with Gasteiger partial charge in [-0.1, -0.05) is 12.0 Å². The third kappa shape index (κ3) is 7.25. The Hall–Kier alpha value is -3.44. The van der Waals surface area contributed by atoms with E-state index < -0.39 is 22.7 Å². The lowest BCUT2D eigenvalue weighted by atomic mass is 9.76. The van der Waals surface area contributed by atoms with E-state index >= 15 is 0 Å². The molecular formula is C33H40F3N5O4S. The number of ether oxygens (including phenoxy) is 2. The number of nitrogens with one attached hydrogen (secondary N) is 2. The van der Waals surface area contributed by atoms with Crippen LogP contribution in [-0.4, -0.2) is 76.1 Å². The minimum atomic E-state index is -4.43. The van der Waals surface area contributed by atoms with Gasteiger partial charge in [-0.15, -0.1) is 0 Å². The van der Waals surface area contributed by atoms with E-state index in [1.54, 1.807) is 18.2 Å². The molecule has 2 saturated heterocycles. The van der Waals surface area contributed by atoms with Crippen molar-refractivity contribution in [2.45, 2.75) is 68.2 Å². The van der Waals surface area contributed by atoms with E-state index in [9.17, 15) is 21.6 Å². The maximum absolute atomic E-state index is 13.7. The van der Waals surface area contributed by atoms with E-state index in [0.29, 0.717) is 28.0 Å². The molecule has 3 fully saturated rings. The van der Waals surface area contributed by atoms with Gasteiger partial charge in [0.15, 0.2) is 0 Å². The largest absolute Gasteiger partial charge is 0.495 e. The Kier molecular flexibility index (Phi) is 9.17. The van der Waals surface area contributed by atoms with Crippen molar-refractivity contribution in [3.05, 3.63) is 48.2 Å². The van der Waals surface area contributed by atoms with Gasteiger partial charge in [-0.05, 0) is 87.9 Å². The fraction of sp³-hybridized carbons (Fsp3) is 0.515. The second kappa shape index (κ2) is 13.0. The van der Waals surface area contributed by atoms with Crippen LogP contribution in [0.25, 0.3) is 10.9 Å². The zero-order chi connectivity index (χ0) is 32.5. The number of aromatic nitrogens is 1. The van der Waals surface area contributed by atoms with Crippen LogP contribution in [0.4, 0.5) is 24.5 Å². The van der Waals surface area contributed by atoms with Crippen LogP contribution in [-0.2, 0) is 21.3 Å². The molecule has 6 rings (SSSR count). The van der Waals surface area contributed by atoms with Crippen molar-refractivity contribution in [1.82, 2.24) is 9.47 Å². The smallest absolute Gasteiger partial charge is 0.406 e. The van der Waals surface area contributed by atoms with E-state index in [1.165, 1.54) is 42.7 Å². The highest BCUT2D eigenvalue weighted by molar-refractivity contribution is 7.89. The summed E-state index contributed by atoms with van der Waals surface area (Å²) < 4.78 is 76.3. The maximum atomic E-state index is 13.7. The Morgan fingerprint density at radius 3 is 2.43 bits per heavy atom. The highest BCUT2D eigenvalue weighted by atomic mass is 32.2. The molecule has 0 atom stereocenters. The molecule has 0 unspecified atom stereocenters. The molecule has 3 aromatic rings. The third-order valence-corrected chi connectivity index (χ3v) is 10.5. The van der Waals surface area contributed by atoms with E-state index in [2.05, 4.69) is 27.4 Å². The second-order valence-electron chi connectivity index (χ2n) is 12.7. The zero-order valence-electron chi connectivity index (χ0n) is 25.8. The van der Waals surface area contributed by atoms with Crippen LogP contribution in [0.2, 0.25) is 0 Å². The Morgan fingerprint density at radius 2 is 1.80 bits per heavy atom. The number of likely N-dealkylation sites (tertiary alicyclic amines) is 1. The summed E-state index contributed by atoms with van der Waals surface area (Å²) in [5.41, 5.74) is 2.43. The molecule has 1 saturated carbocycles. The summed E-state index contributed by atoms with van der Waals surface area (Å²) in [6.07, 6.45) is 2.22. The summed E-state index contributed by atoms with van der Waals surface area (Å²) in [6.45, 7) is 3.01. The van der Waals surface area contributed by atoms with Crippen molar-refractivity contribution in [2.24, 2.45) is 10.6 Å². The summed E-state index contributed by atoms with van der Waals surface area (Å²) in [7, 11) is -2.52. The van der Waals surface area contributed by atoms with Crippen LogP contribution < -0.4 is 20.5 Å². The number of hydrogen-bond acceptors (Lipinski definition) is 7. The predicted octanol–water partition coefficient (Wildman–Crippen LogP) is 5.16. The Labute approximate surface area is 267 Å². The Balaban J connectivity index is 1.14. The molecule has 9 nitrogen and oxygen atoms in total. The number of piperidine rings is 1. The molecule has 0 bridgehead atoms. The number of sulfonamides is 1. The summed E-state index contributed by atoms with van der Waals surface area (Å²) in [5.74, 6) is 6.06. The Morgan fingerprint density at radius 1 is 1.07 bits per heavy atom. The van der Waals surface area contributed by atoms with Gasteiger partial charge in [0, 0.05) is 34.6 Å². The van der Waals surface area contributed by atoms with E-state index in [1.807, 2.05) is 6.07 Å². The summed E-state index contributed by atoms with van der Waals surface area (Å²) >= 11 is 0. The van der Waals surface area contributed by atoms with Crippen molar-refractivity contribution in [3.8, 4) is 17.6 Å². The molecular weight excluding hydrogens is 619 g/mol. The van der Waals surface area contributed by atoms with Crippen LogP contribution in [0.1, 0.15) is 44.2 Å². The number of benzene rings is 2. The summed E-state index contributed by atoms with van der Waals surface area (Å²) in [6, 6.07) is 12.1. The van der Waals surface area contributed by atoms with Gasteiger partial charge in [-0.2, -0.15) is 13.2 Å². The quantitative estimate of drug-likeness (QED) is 0.287. The van der Waals surface area contributed by atoms with Crippen LogP contribution in [0, 0.1) is 17.3 Å². The lowest BCUT2D eigenvalue weighted by Crippen LogP contribution is -2.53. The molecule has 13 heteroatoms. The predicted molar refractivity (Wildman–Crippen MR) is 171 cm³/mol. The molecule has 46 heavy (non-hydrogen) atoms. The van der Waals surface area contributed by atoms with Crippen LogP contribution >= 0.6 is 0 Å². The minimum absolute atomic E-state index is 0.0821. The van der Waals surface area contributed by atoms with Gasteiger partial charge in [0.05, 0.1) is 48.7 Å². The molecule has 0 amide bonds. The molecule has 2 aliphatic heterocycles. The molecule has 1 aromatic heterocycles. The van der Waals surface area contributed by atoms with Crippen molar-refractivity contribution in [1.29, 1.82) is 0 Å². The highest BCUT2D eigenvalue weighted by Gasteiger charge is 2.42. The first-order chi connectivity index (χ1) is 21.9. The molecule has 3 heterocycles. The van der Waals surface area contributed by atoms with Gasteiger partial charge in [-0.3, -0.25) is 0 Å². The van der Waals surface area contributed by atoms with E-state index in [0.717, 1.165) is 57.7 Å². The van der Waals surface area contributed by atoms with Gasteiger partial charge >= 0.3 is 6.18 Å². The normalized spacial score (nSPS) is 21.8. The molecule has 4 N–H and O–H groups in total. The number of alkyl halides is 3. The van der Waals surface area contributed by atoms with Crippen molar-refractivity contribution < 1.29 is 31.1 Å². The fourth-order valence-corrected chi connectivity index (χ4v) is 7.51. The second-order valence-corrected chi connectivity index (χ2v) is 14.3. The third-order valence-electron chi connectivity index (χ3n) is 9.62. The number of primary sulfonamides is 1. The topological polar surface area (TPSA) is 111 Å². The molecule has 3 aliphatic rings. The number of anilines is 2. The zero-order valence-corrected chi connectivity index (χ0v) is 26.6. The molecule has 2 aromatic carbocycles. The maximum Gasteiger partial charge on any atom is 0.406 e. The standard InChI is InChI=1S/C33H40F3N5O4S/c1-44-31-19-26(46(37,42)43)11-12-29(31)38-15-3-4-25-18-27-28(5-2-6-30(27)41(25)20-33(34,35)36)39-23-7-9-24(10-8-23)40-16-13-32(14-17-40)21-45-22-32/h2,5-6,11-12,18-19,23-24,38-39H,7-10,13-17,20-22H2,1H3,(H2,37,42,43)/t23-,24+. The minimum Gasteiger partial charge on any atom is -0.495 e. The first-order valence-corrected chi connectivity index (χ1v) is 17.2. The number of nitrogens with zero attached hydrogens (tertiary/aromatic N) is 2. The highest BCUT2D eigenvalue weighted by Crippen LogP contribution is 2.40. The molecule has 1 aliphatic carbocycles. The van der Waals surface area contributed by atoms with Crippen LogP contribution in [0.3, 0.4) is 0 Å². The molecule has 0 radical (unpaired) electrons. The van der Waals surface area contributed by atoms with Gasteiger partial charge < -0.3 is 29.6 Å². The first kappa shape index (κ1) is 32.5. The summed E-state index contributed by atoms with van der Waals surface area (Å²) in [4.78, 5) is 2.54. The number of hydrogen-bond donors (Lipinski definition) is 3. The van der Waals surface area contributed by atoms with Crippen molar-refractivity contribution in [3.63, 3.8) is 0 Å². The number of nitrogens with two attached hydrogens (primary N) is 1. The van der Waals surface area contributed by atoms with E-state index in [4.69, 9.17) is 14.6 Å². The van der Waals surface area contributed by atoms with Gasteiger partial charge in [0.2, 0.25) is 10.0 Å². The van der Waals surface area contributed by atoms with Crippen LogP contribution in [0.5, 0.6) is 5.75 Å².